The summed E-state index contributed by atoms with van der Waals surface area (Å²) >= 11 is 6.07. The molecule has 0 fully saturated rings. The van der Waals surface area contributed by atoms with Gasteiger partial charge in [-0.15, -0.1) is 0 Å². The number of benzene rings is 1. The first-order valence-corrected chi connectivity index (χ1v) is 8.65. The highest BCUT2D eigenvalue weighted by molar-refractivity contribution is 6.29. The average Bonchev–Trinajstić information content (AvgIpc) is 2.59. The SMILES string of the molecule is CCCN(CCC)C(=O)c1cc(Cl)nc(OCc2ccccc2)c1. The van der Waals surface area contributed by atoms with Gasteiger partial charge in [-0.2, -0.15) is 0 Å². The van der Waals surface area contributed by atoms with Crippen molar-refractivity contribution in [1.29, 1.82) is 0 Å². The number of pyridine rings is 1. The molecule has 0 aliphatic carbocycles. The normalized spacial score (nSPS) is 10.5. The number of hydrogen-bond donors (Lipinski definition) is 0. The summed E-state index contributed by atoms with van der Waals surface area (Å²) in [4.78, 5) is 18.7. The molecule has 0 spiro atoms. The standard InChI is InChI=1S/C19H23ClN2O2/c1-3-10-22(11-4-2)19(23)16-12-17(20)21-18(13-16)24-14-15-8-6-5-7-9-15/h5-9,12-13H,3-4,10-11,14H2,1-2H3. The van der Waals surface area contributed by atoms with Gasteiger partial charge in [0.1, 0.15) is 11.8 Å². The molecule has 4 nitrogen and oxygen atoms in total. The second kappa shape index (κ2) is 9.28. The molecule has 1 aromatic heterocycles. The molecular weight excluding hydrogens is 324 g/mol. The Morgan fingerprint density at radius 3 is 2.42 bits per heavy atom. The van der Waals surface area contributed by atoms with Crippen LogP contribution in [0.15, 0.2) is 42.5 Å². The molecule has 1 aromatic carbocycles. The number of aromatic nitrogens is 1. The zero-order chi connectivity index (χ0) is 17.4. The molecule has 5 heteroatoms. The van der Waals surface area contributed by atoms with Crippen LogP contribution >= 0.6 is 11.6 Å². The zero-order valence-corrected chi connectivity index (χ0v) is 14.9. The van der Waals surface area contributed by atoms with Crippen molar-refractivity contribution >= 4 is 17.5 Å². The number of halogens is 1. The summed E-state index contributed by atoms with van der Waals surface area (Å²) in [5, 5.41) is 0.261. The lowest BCUT2D eigenvalue weighted by Crippen LogP contribution is -2.32. The van der Waals surface area contributed by atoms with Gasteiger partial charge in [0.25, 0.3) is 5.91 Å². The van der Waals surface area contributed by atoms with Crippen LogP contribution in [0, 0.1) is 0 Å². The van der Waals surface area contributed by atoms with E-state index in [1.807, 2.05) is 35.2 Å². The van der Waals surface area contributed by atoms with Crippen LogP contribution in [-0.4, -0.2) is 28.9 Å². The van der Waals surface area contributed by atoms with Gasteiger partial charge < -0.3 is 9.64 Å². The van der Waals surface area contributed by atoms with Gasteiger partial charge in [-0.25, -0.2) is 4.98 Å². The van der Waals surface area contributed by atoms with Gasteiger partial charge in [0, 0.05) is 24.7 Å². The molecule has 0 bridgehead atoms. The Morgan fingerprint density at radius 1 is 1.12 bits per heavy atom. The minimum absolute atomic E-state index is 0.0347. The Labute approximate surface area is 148 Å². The third-order valence-electron chi connectivity index (χ3n) is 3.52. The van der Waals surface area contributed by atoms with Crippen molar-refractivity contribution < 1.29 is 9.53 Å². The Kier molecular flexibility index (Phi) is 7.07. The maximum absolute atomic E-state index is 12.7. The number of amides is 1. The van der Waals surface area contributed by atoms with Crippen LogP contribution < -0.4 is 4.74 Å². The fraction of sp³-hybridized carbons (Fsp3) is 0.368. The number of carbonyl (C=O) groups is 1. The molecule has 2 aromatic rings. The Hall–Kier alpha value is -2.07. The zero-order valence-electron chi connectivity index (χ0n) is 14.2. The van der Waals surface area contributed by atoms with Crippen LogP contribution in [0.5, 0.6) is 5.88 Å². The predicted octanol–water partition coefficient (Wildman–Crippen LogP) is 4.58. The number of ether oxygens (including phenoxy) is 1. The molecule has 128 valence electrons. The van der Waals surface area contributed by atoms with Crippen LogP contribution in [-0.2, 0) is 6.61 Å². The van der Waals surface area contributed by atoms with Crippen molar-refractivity contribution in [3.8, 4) is 5.88 Å². The fourth-order valence-corrected chi connectivity index (χ4v) is 2.64. The maximum Gasteiger partial charge on any atom is 0.254 e. The second-order valence-electron chi connectivity index (χ2n) is 5.58. The molecule has 2 rings (SSSR count). The molecule has 1 amide bonds. The molecule has 1 heterocycles. The molecule has 0 atom stereocenters. The van der Waals surface area contributed by atoms with Gasteiger partial charge in [-0.05, 0) is 24.5 Å². The smallest absolute Gasteiger partial charge is 0.254 e. The Balaban J connectivity index is 2.13. The molecular formula is C19H23ClN2O2. The van der Waals surface area contributed by atoms with Gasteiger partial charge in [0.2, 0.25) is 5.88 Å². The van der Waals surface area contributed by atoms with Crippen molar-refractivity contribution in [3.05, 3.63) is 58.7 Å². The summed E-state index contributed by atoms with van der Waals surface area (Å²) in [6.45, 7) is 5.96. The molecule has 0 N–H and O–H groups in total. The molecule has 0 aliphatic rings. The van der Waals surface area contributed by atoms with Crippen molar-refractivity contribution in [2.45, 2.75) is 33.3 Å². The van der Waals surface area contributed by atoms with Crippen LogP contribution in [0.3, 0.4) is 0 Å². The van der Waals surface area contributed by atoms with E-state index in [-0.39, 0.29) is 11.1 Å². The van der Waals surface area contributed by atoms with E-state index in [2.05, 4.69) is 18.8 Å². The Bertz CT molecular complexity index is 656. The van der Waals surface area contributed by atoms with E-state index in [0.717, 1.165) is 31.5 Å². The summed E-state index contributed by atoms with van der Waals surface area (Å²) in [6, 6.07) is 13.1. The largest absolute Gasteiger partial charge is 0.473 e. The van der Waals surface area contributed by atoms with Gasteiger partial charge in [0.05, 0.1) is 0 Å². The molecule has 0 radical (unpaired) electrons. The lowest BCUT2D eigenvalue weighted by atomic mass is 10.2. The minimum atomic E-state index is -0.0347. The number of carbonyl (C=O) groups excluding carboxylic acids is 1. The lowest BCUT2D eigenvalue weighted by Gasteiger charge is -2.21. The number of rotatable bonds is 8. The van der Waals surface area contributed by atoms with Crippen molar-refractivity contribution in [2.75, 3.05) is 13.1 Å². The third kappa shape index (κ3) is 5.24. The first-order valence-electron chi connectivity index (χ1n) is 8.27. The molecule has 24 heavy (non-hydrogen) atoms. The van der Waals surface area contributed by atoms with Crippen LogP contribution in [0.1, 0.15) is 42.6 Å². The van der Waals surface area contributed by atoms with Gasteiger partial charge >= 0.3 is 0 Å². The van der Waals surface area contributed by atoms with Crippen LogP contribution in [0.2, 0.25) is 5.15 Å². The molecule has 0 saturated carbocycles. The van der Waals surface area contributed by atoms with Gasteiger partial charge in [-0.3, -0.25) is 4.79 Å². The summed E-state index contributed by atoms with van der Waals surface area (Å²) in [5.74, 6) is 0.329. The Morgan fingerprint density at radius 2 is 1.79 bits per heavy atom. The summed E-state index contributed by atoms with van der Waals surface area (Å²) in [6.07, 6.45) is 1.84. The number of hydrogen-bond acceptors (Lipinski definition) is 3. The maximum atomic E-state index is 12.7. The van der Waals surface area contributed by atoms with E-state index in [0.29, 0.717) is 18.1 Å². The van der Waals surface area contributed by atoms with Gasteiger partial charge in [0.15, 0.2) is 0 Å². The van der Waals surface area contributed by atoms with E-state index >= 15 is 0 Å². The summed E-state index contributed by atoms with van der Waals surface area (Å²) in [5.41, 5.74) is 1.55. The predicted molar refractivity (Wildman–Crippen MR) is 96.5 cm³/mol. The fourth-order valence-electron chi connectivity index (χ4n) is 2.44. The molecule has 0 unspecified atom stereocenters. The van der Waals surface area contributed by atoms with Crippen LogP contribution in [0.4, 0.5) is 0 Å². The van der Waals surface area contributed by atoms with E-state index < -0.39 is 0 Å². The number of nitrogens with zero attached hydrogens (tertiary/aromatic N) is 2. The lowest BCUT2D eigenvalue weighted by molar-refractivity contribution is 0.0755. The molecule has 0 aliphatic heterocycles. The summed E-state index contributed by atoms with van der Waals surface area (Å²) in [7, 11) is 0. The molecule has 0 saturated heterocycles. The minimum Gasteiger partial charge on any atom is -0.473 e. The first kappa shape index (κ1) is 18.3. The first-order chi connectivity index (χ1) is 11.6. The van der Waals surface area contributed by atoms with Crippen molar-refractivity contribution in [3.63, 3.8) is 0 Å². The quantitative estimate of drug-likeness (QED) is 0.657. The van der Waals surface area contributed by atoms with E-state index in [4.69, 9.17) is 16.3 Å². The van der Waals surface area contributed by atoms with Crippen molar-refractivity contribution in [1.82, 2.24) is 9.88 Å². The van der Waals surface area contributed by atoms with E-state index in [1.54, 1.807) is 12.1 Å². The highest BCUT2D eigenvalue weighted by atomic mass is 35.5. The van der Waals surface area contributed by atoms with Crippen LogP contribution in [0.25, 0.3) is 0 Å². The van der Waals surface area contributed by atoms with Gasteiger partial charge in [-0.1, -0.05) is 55.8 Å². The summed E-state index contributed by atoms with van der Waals surface area (Å²) < 4.78 is 5.70. The highest BCUT2D eigenvalue weighted by Gasteiger charge is 2.16. The monoisotopic (exact) mass is 346 g/mol. The highest BCUT2D eigenvalue weighted by Crippen LogP contribution is 2.19. The van der Waals surface area contributed by atoms with E-state index in [1.165, 1.54) is 0 Å². The topological polar surface area (TPSA) is 42.4 Å². The van der Waals surface area contributed by atoms with E-state index in [9.17, 15) is 4.79 Å². The third-order valence-corrected chi connectivity index (χ3v) is 3.71. The second-order valence-corrected chi connectivity index (χ2v) is 5.97. The van der Waals surface area contributed by atoms with Crippen molar-refractivity contribution in [2.24, 2.45) is 0 Å². The average molecular weight is 347 g/mol.